The van der Waals surface area contributed by atoms with Crippen LogP contribution in [0.5, 0.6) is 0 Å². The van der Waals surface area contributed by atoms with Crippen LogP contribution in [0.2, 0.25) is 5.02 Å². The van der Waals surface area contributed by atoms with Crippen molar-refractivity contribution in [1.82, 2.24) is 14.8 Å². The fourth-order valence-corrected chi connectivity index (χ4v) is 1.97. The molecule has 19 heavy (non-hydrogen) atoms. The van der Waals surface area contributed by atoms with E-state index >= 15 is 0 Å². The second kappa shape index (κ2) is 5.53. The van der Waals surface area contributed by atoms with Crippen molar-refractivity contribution >= 4 is 17.4 Å². The number of carbonyl (C=O) groups is 1. The lowest BCUT2D eigenvalue weighted by Gasteiger charge is -2.23. The number of ketones is 1. The van der Waals surface area contributed by atoms with Crippen LogP contribution in [0.3, 0.4) is 0 Å². The molecule has 100 valence electrons. The van der Waals surface area contributed by atoms with Crippen LogP contribution in [0.4, 0.5) is 0 Å². The molecule has 5 heteroatoms. The van der Waals surface area contributed by atoms with Gasteiger partial charge < -0.3 is 0 Å². The third kappa shape index (κ3) is 3.20. The first-order valence-electron chi connectivity index (χ1n) is 6.13. The molecule has 2 aromatic rings. The van der Waals surface area contributed by atoms with Gasteiger partial charge >= 0.3 is 0 Å². The van der Waals surface area contributed by atoms with Crippen LogP contribution in [0.15, 0.2) is 36.9 Å². The van der Waals surface area contributed by atoms with Gasteiger partial charge in [-0.05, 0) is 38.0 Å². The van der Waals surface area contributed by atoms with Crippen molar-refractivity contribution in [2.75, 3.05) is 0 Å². The lowest BCUT2D eigenvalue weighted by Crippen LogP contribution is -2.36. The van der Waals surface area contributed by atoms with Gasteiger partial charge in [-0.2, -0.15) is 5.10 Å². The zero-order chi connectivity index (χ0) is 13.9. The molecule has 4 nitrogen and oxygen atoms in total. The predicted molar refractivity (Wildman–Crippen MR) is 74.1 cm³/mol. The van der Waals surface area contributed by atoms with Gasteiger partial charge in [-0.3, -0.25) is 4.79 Å². The van der Waals surface area contributed by atoms with Gasteiger partial charge in [0.2, 0.25) is 0 Å². The van der Waals surface area contributed by atoms with E-state index in [1.807, 2.05) is 38.1 Å². The molecule has 0 aliphatic heterocycles. The van der Waals surface area contributed by atoms with Gasteiger partial charge in [-0.1, -0.05) is 23.7 Å². The number of hydrogen-bond donors (Lipinski definition) is 0. The average Bonchev–Trinajstić information content (AvgIpc) is 2.92. The SMILES string of the molecule is CC(C)(C(=O)CCc1ccc(Cl)cc1)n1cncn1. The highest BCUT2D eigenvalue weighted by molar-refractivity contribution is 6.30. The van der Waals surface area contributed by atoms with Gasteiger partial charge in [0.1, 0.15) is 18.2 Å². The van der Waals surface area contributed by atoms with Crippen molar-refractivity contribution in [2.24, 2.45) is 0 Å². The van der Waals surface area contributed by atoms with E-state index in [9.17, 15) is 4.79 Å². The summed E-state index contributed by atoms with van der Waals surface area (Å²) >= 11 is 5.83. The molecule has 0 unspecified atom stereocenters. The normalized spacial score (nSPS) is 11.5. The number of nitrogens with zero attached hydrogens (tertiary/aromatic N) is 3. The van der Waals surface area contributed by atoms with E-state index in [1.165, 1.54) is 6.33 Å². The highest BCUT2D eigenvalue weighted by Gasteiger charge is 2.29. The predicted octanol–water partition coefficient (Wildman–Crippen LogP) is 2.87. The van der Waals surface area contributed by atoms with E-state index < -0.39 is 5.54 Å². The molecule has 0 bridgehead atoms. The van der Waals surface area contributed by atoms with E-state index in [4.69, 9.17) is 11.6 Å². The Morgan fingerprint density at radius 1 is 1.32 bits per heavy atom. The Kier molecular flexibility index (Phi) is 4.00. The highest BCUT2D eigenvalue weighted by atomic mass is 35.5. The fraction of sp³-hybridized carbons (Fsp3) is 0.357. The Hall–Kier alpha value is -1.68. The maximum absolute atomic E-state index is 12.3. The Labute approximate surface area is 117 Å². The van der Waals surface area contributed by atoms with Crippen molar-refractivity contribution in [3.63, 3.8) is 0 Å². The molecule has 0 aliphatic carbocycles. The van der Waals surface area contributed by atoms with Gasteiger partial charge in [0.15, 0.2) is 5.78 Å². The quantitative estimate of drug-likeness (QED) is 0.844. The number of Topliss-reactive ketones (excluding diaryl/α,β-unsaturated/α-hetero) is 1. The van der Waals surface area contributed by atoms with Crippen LogP contribution in [0.1, 0.15) is 25.8 Å². The molecule has 0 radical (unpaired) electrons. The molecule has 0 amide bonds. The Morgan fingerprint density at radius 3 is 2.58 bits per heavy atom. The third-order valence-corrected chi connectivity index (χ3v) is 3.48. The first-order valence-corrected chi connectivity index (χ1v) is 6.51. The summed E-state index contributed by atoms with van der Waals surface area (Å²) < 4.78 is 1.59. The summed E-state index contributed by atoms with van der Waals surface area (Å²) in [6.07, 6.45) is 4.18. The maximum atomic E-state index is 12.3. The second-order valence-electron chi connectivity index (χ2n) is 4.95. The van der Waals surface area contributed by atoms with E-state index in [1.54, 1.807) is 11.0 Å². The number of halogens is 1. The van der Waals surface area contributed by atoms with E-state index in [2.05, 4.69) is 10.1 Å². The summed E-state index contributed by atoms with van der Waals surface area (Å²) in [6.45, 7) is 3.71. The number of carbonyl (C=O) groups excluding carboxylic acids is 1. The molecule has 1 aromatic heterocycles. The Morgan fingerprint density at radius 2 is 2.00 bits per heavy atom. The Balaban J connectivity index is 2.00. The molecule has 1 aromatic carbocycles. The molecule has 1 heterocycles. The van der Waals surface area contributed by atoms with Crippen molar-refractivity contribution in [1.29, 1.82) is 0 Å². The summed E-state index contributed by atoms with van der Waals surface area (Å²) in [5.74, 6) is 0.132. The number of aromatic nitrogens is 3. The van der Waals surface area contributed by atoms with Gasteiger partial charge in [0.05, 0.1) is 0 Å². The summed E-state index contributed by atoms with van der Waals surface area (Å²) in [5.41, 5.74) is 0.440. The van der Waals surface area contributed by atoms with Crippen LogP contribution in [0, 0.1) is 0 Å². The van der Waals surface area contributed by atoms with Gasteiger partial charge in [0.25, 0.3) is 0 Å². The minimum atomic E-state index is -0.664. The molecular weight excluding hydrogens is 262 g/mol. The highest BCUT2D eigenvalue weighted by Crippen LogP contribution is 2.18. The first kappa shape index (κ1) is 13.7. The molecule has 0 saturated carbocycles. The van der Waals surface area contributed by atoms with Crippen molar-refractivity contribution in [3.8, 4) is 0 Å². The molecule has 0 atom stereocenters. The molecule has 2 rings (SSSR count). The van der Waals surface area contributed by atoms with Gasteiger partial charge in [-0.15, -0.1) is 0 Å². The van der Waals surface area contributed by atoms with Gasteiger partial charge in [-0.25, -0.2) is 9.67 Å². The largest absolute Gasteiger partial charge is 0.297 e. The maximum Gasteiger partial charge on any atom is 0.160 e. The lowest BCUT2D eigenvalue weighted by molar-refractivity contribution is -0.126. The minimum absolute atomic E-state index is 0.132. The molecule has 0 fully saturated rings. The molecular formula is C14H16ClN3O. The van der Waals surface area contributed by atoms with Crippen molar-refractivity contribution < 1.29 is 4.79 Å². The van der Waals surface area contributed by atoms with Crippen LogP contribution in [-0.2, 0) is 16.8 Å². The van der Waals surface area contributed by atoms with Crippen LogP contribution < -0.4 is 0 Å². The van der Waals surface area contributed by atoms with Crippen molar-refractivity contribution in [2.45, 2.75) is 32.2 Å². The van der Waals surface area contributed by atoms with Crippen LogP contribution in [0.25, 0.3) is 0 Å². The number of hydrogen-bond acceptors (Lipinski definition) is 3. The van der Waals surface area contributed by atoms with Gasteiger partial charge in [0, 0.05) is 11.4 Å². The van der Waals surface area contributed by atoms with E-state index in [-0.39, 0.29) is 5.78 Å². The molecule has 0 aliphatic rings. The molecule has 0 saturated heterocycles. The smallest absolute Gasteiger partial charge is 0.160 e. The zero-order valence-electron chi connectivity index (χ0n) is 11.0. The fourth-order valence-electron chi connectivity index (χ4n) is 1.84. The average molecular weight is 278 g/mol. The van der Waals surface area contributed by atoms with Crippen molar-refractivity contribution in [3.05, 3.63) is 47.5 Å². The molecule has 0 spiro atoms. The zero-order valence-corrected chi connectivity index (χ0v) is 11.8. The topological polar surface area (TPSA) is 47.8 Å². The Bertz CT molecular complexity index is 547. The lowest BCUT2D eigenvalue weighted by atomic mass is 9.94. The van der Waals surface area contributed by atoms with E-state index in [0.717, 1.165) is 5.56 Å². The third-order valence-electron chi connectivity index (χ3n) is 3.23. The summed E-state index contributed by atoms with van der Waals surface area (Å²) in [7, 11) is 0. The minimum Gasteiger partial charge on any atom is -0.297 e. The van der Waals surface area contributed by atoms with Crippen LogP contribution >= 0.6 is 11.6 Å². The number of aryl methyl sites for hydroxylation is 1. The standard InChI is InChI=1S/C14H16ClN3O/c1-14(2,18-10-16-9-17-18)13(19)8-5-11-3-6-12(15)7-4-11/h3-4,6-7,9-10H,5,8H2,1-2H3. The first-order chi connectivity index (χ1) is 9.00. The summed E-state index contributed by atoms with van der Waals surface area (Å²) in [5, 5.41) is 4.75. The van der Waals surface area contributed by atoms with E-state index in [0.29, 0.717) is 17.9 Å². The summed E-state index contributed by atoms with van der Waals surface area (Å²) in [6, 6.07) is 7.56. The monoisotopic (exact) mass is 277 g/mol. The number of rotatable bonds is 5. The number of benzene rings is 1. The second-order valence-corrected chi connectivity index (χ2v) is 5.39. The molecule has 0 N–H and O–H groups in total. The van der Waals surface area contributed by atoms with Crippen LogP contribution in [-0.4, -0.2) is 20.5 Å². The summed E-state index contributed by atoms with van der Waals surface area (Å²) in [4.78, 5) is 16.2.